The fraction of sp³-hybridized carbons (Fsp3) is 0.0370. The van der Waals surface area contributed by atoms with Gasteiger partial charge in [-0.2, -0.15) is 0 Å². The van der Waals surface area contributed by atoms with E-state index in [0.29, 0.717) is 5.84 Å². The van der Waals surface area contributed by atoms with E-state index in [1.807, 2.05) is 0 Å². The molecule has 0 atom stereocenters. The van der Waals surface area contributed by atoms with Gasteiger partial charge in [-0.05, 0) is 87.5 Å². The van der Waals surface area contributed by atoms with Gasteiger partial charge in [-0.1, -0.05) is 176 Å². The van der Waals surface area contributed by atoms with E-state index in [9.17, 15) is 0 Å². The van der Waals surface area contributed by atoms with Crippen LogP contribution in [0.5, 0.6) is 0 Å². The van der Waals surface area contributed by atoms with Gasteiger partial charge in [-0.25, -0.2) is 9.98 Å². The van der Waals surface area contributed by atoms with E-state index in [0.717, 1.165) is 40.1 Å². The molecular weight excluding hydrogens is 691 g/mol. The number of rotatable bonds is 6. The number of fused-ring (bicyclic) bond motifs is 10. The smallest absolute Gasteiger partial charge is 0.159 e. The average molecular weight is 728 g/mol. The molecule has 0 N–H and O–H groups in total. The van der Waals surface area contributed by atoms with Crippen LogP contribution in [-0.4, -0.2) is 17.1 Å². The molecule has 0 bridgehead atoms. The zero-order valence-electron chi connectivity index (χ0n) is 31.3. The lowest BCUT2D eigenvalue weighted by Crippen LogP contribution is -2.28. The maximum absolute atomic E-state index is 5.50. The highest BCUT2D eigenvalue weighted by Crippen LogP contribution is 2.62. The lowest BCUT2D eigenvalue weighted by Gasteiger charge is -2.32. The van der Waals surface area contributed by atoms with Crippen LogP contribution in [0.4, 0.5) is 0 Å². The summed E-state index contributed by atoms with van der Waals surface area (Å²) in [6, 6.07) is 72.1. The van der Waals surface area contributed by atoms with Crippen LogP contribution in [0.1, 0.15) is 33.4 Å². The van der Waals surface area contributed by atoms with Gasteiger partial charge >= 0.3 is 0 Å². The van der Waals surface area contributed by atoms with Crippen molar-refractivity contribution in [2.24, 2.45) is 9.98 Å². The third kappa shape index (κ3) is 4.99. The molecule has 8 aromatic carbocycles. The van der Waals surface area contributed by atoms with Crippen LogP contribution in [0.15, 0.2) is 216 Å². The number of hydrogen-bond donors (Lipinski definition) is 0. The van der Waals surface area contributed by atoms with Gasteiger partial charge in [0.1, 0.15) is 0 Å². The molecule has 2 aliphatic rings. The number of para-hydroxylation sites is 2. The van der Waals surface area contributed by atoms with Crippen LogP contribution in [0, 0.1) is 0 Å². The summed E-state index contributed by atoms with van der Waals surface area (Å²) in [5.74, 6) is 0.607. The molecule has 0 aliphatic heterocycles. The molecule has 1 heterocycles. The standard InChI is InChI=1S/C54H37N3/c1-55-53(39-29-27-37(28-30-39)38-31-33-40(34-32-38)57-50-25-13-8-19-43(50)44-20-9-14-26-51(44)57)56-52-45-21-7-12-24-48(45)54(49(52)35-36-15-3-2-4-16-36)46-22-10-5-17-41(46)42-18-6-11-23-47(42)54/h2-34H,1,35H2. The van der Waals surface area contributed by atoms with E-state index in [2.05, 4.69) is 216 Å². The van der Waals surface area contributed by atoms with E-state index in [-0.39, 0.29) is 0 Å². The van der Waals surface area contributed by atoms with Crippen molar-refractivity contribution in [2.45, 2.75) is 11.8 Å². The molecule has 268 valence electrons. The molecule has 0 fully saturated rings. The number of benzene rings is 8. The second-order valence-electron chi connectivity index (χ2n) is 15.0. The van der Waals surface area contributed by atoms with Crippen LogP contribution in [0.3, 0.4) is 0 Å². The molecule has 0 saturated heterocycles. The SMILES string of the molecule is C=NC(=NC1=C(Cc2ccccc2)C2(c3ccccc31)c1ccccc1-c1ccccc12)c1ccc(-c2ccc(-n3c4ccccc4c4ccccc43)cc2)cc1. The van der Waals surface area contributed by atoms with Gasteiger partial charge in [0.2, 0.25) is 0 Å². The highest BCUT2D eigenvalue weighted by molar-refractivity contribution is 6.09. The van der Waals surface area contributed by atoms with Gasteiger partial charge in [-0.3, -0.25) is 0 Å². The highest BCUT2D eigenvalue weighted by Gasteiger charge is 2.52. The topological polar surface area (TPSA) is 29.6 Å². The molecular formula is C54H37N3. The Bertz CT molecular complexity index is 2990. The first-order valence-electron chi connectivity index (χ1n) is 19.6. The third-order valence-corrected chi connectivity index (χ3v) is 12.1. The lowest BCUT2D eigenvalue weighted by atomic mass is 9.68. The molecule has 0 saturated carbocycles. The monoisotopic (exact) mass is 727 g/mol. The Labute approximate surface area is 332 Å². The Morgan fingerprint density at radius 3 is 1.53 bits per heavy atom. The number of allylic oxidation sites excluding steroid dienone is 1. The normalized spacial score (nSPS) is 13.9. The van der Waals surface area contributed by atoms with E-state index < -0.39 is 5.41 Å². The summed E-state index contributed by atoms with van der Waals surface area (Å²) >= 11 is 0. The largest absolute Gasteiger partial charge is 0.309 e. The Morgan fingerprint density at radius 1 is 0.474 bits per heavy atom. The van der Waals surface area contributed by atoms with E-state index in [1.54, 1.807) is 0 Å². The predicted molar refractivity (Wildman–Crippen MR) is 238 cm³/mol. The molecule has 57 heavy (non-hydrogen) atoms. The number of nitrogens with zero attached hydrogens (tertiary/aromatic N) is 3. The first-order chi connectivity index (χ1) is 28.2. The molecule has 0 radical (unpaired) electrons. The summed E-state index contributed by atoms with van der Waals surface area (Å²) < 4.78 is 2.35. The van der Waals surface area contributed by atoms with Gasteiger partial charge in [-0.15, -0.1) is 0 Å². The summed E-state index contributed by atoms with van der Waals surface area (Å²) in [5, 5.41) is 2.52. The minimum Gasteiger partial charge on any atom is -0.309 e. The van der Waals surface area contributed by atoms with Crippen LogP contribution in [0.25, 0.3) is 55.4 Å². The Hall–Kier alpha value is -7.36. The van der Waals surface area contributed by atoms with Gasteiger partial charge < -0.3 is 4.57 Å². The van der Waals surface area contributed by atoms with Gasteiger partial charge in [0.05, 0.1) is 22.1 Å². The van der Waals surface area contributed by atoms with Crippen molar-refractivity contribution in [3.05, 3.63) is 239 Å². The van der Waals surface area contributed by atoms with Crippen LogP contribution in [-0.2, 0) is 11.8 Å². The van der Waals surface area contributed by atoms with Crippen LogP contribution in [0.2, 0.25) is 0 Å². The zero-order chi connectivity index (χ0) is 37.9. The van der Waals surface area contributed by atoms with E-state index >= 15 is 0 Å². The summed E-state index contributed by atoms with van der Waals surface area (Å²) in [4.78, 5) is 10.1. The molecule has 0 amide bonds. The Kier molecular flexibility index (Phi) is 7.61. The molecule has 3 nitrogen and oxygen atoms in total. The molecule has 1 spiro atoms. The van der Waals surface area contributed by atoms with E-state index in [1.165, 1.54) is 60.8 Å². The Balaban J connectivity index is 1.02. The molecule has 3 heteroatoms. The summed E-state index contributed by atoms with van der Waals surface area (Å²) in [5.41, 5.74) is 17.3. The maximum atomic E-state index is 5.50. The molecule has 11 rings (SSSR count). The minimum atomic E-state index is -0.486. The van der Waals surface area contributed by atoms with Crippen LogP contribution < -0.4 is 0 Å². The maximum Gasteiger partial charge on any atom is 0.159 e. The van der Waals surface area contributed by atoms with Gasteiger partial charge in [0.25, 0.3) is 0 Å². The number of hydrogen-bond acceptors (Lipinski definition) is 1. The van der Waals surface area contributed by atoms with Crippen molar-refractivity contribution in [1.29, 1.82) is 0 Å². The lowest BCUT2D eigenvalue weighted by molar-refractivity contribution is 0.740. The van der Waals surface area contributed by atoms with Crippen LogP contribution >= 0.6 is 0 Å². The van der Waals surface area contributed by atoms with Gasteiger partial charge in [0.15, 0.2) is 5.84 Å². The van der Waals surface area contributed by atoms with Crippen molar-refractivity contribution in [3.8, 4) is 27.9 Å². The second kappa shape index (κ2) is 13.1. The van der Waals surface area contributed by atoms with Crippen molar-refractivity contribution in [1.82, 2.24) is 4.57 Å². The highest BCUT2D eigenvalue weighted by atomic mass is 15.0. The van der Waals surface area contributed by atoms with Crippen molar-refractivity contribution < 1.29 is 0 Å². The fourth-order valence-corrected chi connectivity index (χ4v) is 9.63. The summed E-state index contributed by atoms with van der Waals surface area (Å²) in [6.07, 6.45) is 0.741. The molecule has 2 aliphatic carbocycles. The minimum absolute atomic E-state index is 0.486. The number of aliphatic imine (C=N–C) groups is 2. The first kappa shape index (κ1) is 33.0. The van der Waals surface area contributed by atoms with Crippen molar-refractivity contribution >= 4 is 40.1 Å². The molecule has 9 aromatic rings. The average Bonchev–Trinajstić information content (AvgIpc) is 3.87. The fourth-order valence-electron chi connectivity index (χ4n) is 9.63. The van der Waals surface area contributed by atoms with Gasteiger partial charge in [0, 0.05) is 27.6 Å². The van der Waals surface area contributed by atoms with Crippen molar-refractivity contribution in [2.75, 3.05) is 0 Å². The summed E-state index contributed by atoms with van der Waals surface area (Å²) in [7, 11) is 0. The zero-order valence-corrected chi connectivity index (χ0v) is 31.3. The number of aromatic nitrogens is 1. The second-order valence-corrected chi connectivity index (χ2v) is 15.0. The summed E-state index contributed by atoms with van der Waals surface area (Å²) in [6.45, 7) is 4.06. The first-order valence-corrected chi connectivity index (χ1v) is 19.6. The Morgan fingerprint density at radius 2 is 0.947 bits per heavy atom. The van der Waals surface area contributed by atoms with Crippen molar-refractivity contribution in [3.63, 3.8) is 0 Å². The number of amidine groups is 1. The van der Waals surface area contributed by atoms with E-state index in [4.69, 9.17) is 4.99 Å². The third-order valence-electron chi connectivity index (χ3n) is 12.1. The molecule has 0 unspecified atom stereocenters. The molecule has 1 aromatic heterocycles. The predicted octanol–water partition coefficient (Wildman–Crippen LogP) is 12.9. The quantitative estimate of drug-likeness (QED) is 0.121.